The van der Waals surface area contributed by atoms with Crippen molar-refractivity contribution in [3.63, 3.8) is 0 Å². The number of pyridine rings is 1. The van der Waals surface area contributed by atoms with Crippen LogP contribution in [-0.4, -0.2) is 44.7 Å². The third-order valence-corrected chi connectivity index (χ3v) is 4.51. The SMILES string of the molecule is O=C(O)c1ccc(NC(=O)c2nc3ccccc3nc2Oc2ccc(OCC(F)(F)F)cc2F)cn1. The standard InChI is InChI=1S/C23H14F4N4O5/c24-14-9-13(35-11-23(25,26)27)6-8-18(14)36-21-19(30-15-3-1-2-4-16(15)31-21)20(32)29-12-5-7-17(22(33)34)28-10-12/h1-10H,11H2,(H,29,32)(H,33,34). The molecule has 4 aromatic rings. The summed E-state index contributed by atoms with van der Waals surface area (Å²) in [4.78, 5) is 36.1. The van der Waals surface area contributed by atoms with Crippen molar-refractivity contribution in [2.24, 2.45) is 0 Å². The zero-order chi connectivity index (χ0) is 25.9. The summed E-state index contributed by atoms with van der Waals surface area (Å²) < 4.78 is 61.6. The second-order valence-electron chi connectivity index (χ2n) is 7.16. The van der Waals surface area contributed by atoms with Crippen LogP contribution in [0.2, 0.25) is 0 Å². The third-order valence-electron chi connectivity index (χ3n) is 4.51. The van der Waals surface area contributed by atoms with Gasteiger partial charge in [0.1, 0.15) is 11.4 Å². The minimum Gasteiger partial charge on any atom is -0.484 e. The topological polar surface area (TPSA) is 124 Å². The number of para-hydroxylation sites is 2. The second-order valence-corrected chi connectivity index (χ2v) is 7.16. The summed E-state index contributed by atoms with van der Waals surface area (Å²) in [6, 6.07) is 11.8. The third kappa shape index (κ3) is 5.81. The molecule has 13 heteroatoms. The van der Waals surface area contributed by atoms with Crippen LogP contribution in [0, 0.1) is 5.82 Å². The Morgan fingerprint density at radius 2 is 1.72 bits per heavy atom. The minimum absolute atomic E-state index is 0.142. The molecule has 0 aliphatic heterocycles. The fourth-order valence-electron chi connectivity index (χ4n) is 2.91. The average Bonchev–Trinajstić information content (AvgIpc) is 2.83. The number of carboxylic acids is 1. The molecule has 0 radical (unpaired) electrons. The normalized spacial score (nSPS) is 11.2. The molecule has 0 saturated heterocycles. The van der Waals surface area contributed by atoms with Crippen molar-refractivity contribution in [2.45, 2.75) is 6.18 Å². The molecule has 0 aliphatic rings. The van der Waals surface area contributed by atoms with Crippen molar-refractivity contribution in [3.05, 3.63) is 78.0 Å². The van der Waals surface area contributed by atoms with Crippen molar-refractivity contribution in [1.82, 2.24) is 15.0 Å². The Kier molecular flexibility index (Phi) is 6.63. The van der Waals surface area contributed by atoms with Gasteiger partial charge in [-0.2, -0.15) is 13.2 Å². The number of halogens is 4. The van der Waals surface area contributed by atoms with Crippen molar-refractivity contribution < 1.29 is 41.7 Å². The van der Waals surface area contributed by atoms with Crippen molar-refractivity contribution in [1.29, 1.82) is 0 Å². The number of carbonyl (C=O) groups excluding carboxylic acids is 1. The predicted octanol–water partition coefficient (Wildman–Crippen LogP) is 4.85. The molecule has 0 aliphatic carbocycles. The molecule has 2 N–H and O–H groups in total. The zero-order valence-electron chi connectivity index (χ0n) is 17.9. The number of amides is 1. The first kappa shape index (κ1) is 24.3. The van der Waals surface area contributed by atoms with Crippen LogP contribution in [0.4, 0.5) is 23.2 Å². The van der Waals surface area contributed by atoms with E-state index in [9.17, 15) is 27.2 Å². The monoisotopic (exact) mass is 502 g/mol. The van der Waals surface area contributed by atoms with E-state index in [0.29, 0.717) is 17.1 Å². The molecule has 0 atom stereocenters. The first-order chi connectivity index (χ1) is 17.1. The van der Waals surface area contributed by atoms with E-state index < -0.39 is 36.2 Å². The summed E-state index contributed by atoms with van der Waals surface area (Å²) in [6.45, 7) is -1.60. The van der Waals surface area contributed by atoms with E-state index >= 15 is 0 Å². The van der Waals surface area contributed by atoms with Crippen LogP contribution in [0.15, 0.2) is 60.8 Å². The molecular weight excluding hydrogens is 488 g/mol. The molecule has 2 aromatic heterocycles. The summed E-state index contributed by atoms with van der Waals surface area (Å²) in [5.74, 6) is -4.34. The van der Waals surface area contributed by atoms with Crippen LogP contribution in [0.1, 0.15) is 21.0 Å². The number of aromatic nitrogens is 3. The number of fused-ring (bicyclic) bond motifs is 1. The molecule has 36 heavy (non-hydrogen) atoms. The van der Waals surface area contributed by atoms with Crippen LogP contribution < -0.4 is 14.8 Å². The lowest BCUT2D eigenvalue weighted by Gasteiger charge is -2.13. The molecule has 0 unspecified atom stereocenters. The van der Waals surface area contributed by atoms with Gasteiger partial charge in [0.2, 0.25) is 0 Å². The molecule has 184 valence electrons. The van der Waals surface area contributed by atoms with Crippen LogP contribution >= 0.6 is 0 Å². The number of carboxylic acid groups (broad SMARTS) is 1. The molecule has 0 spiro atoms. The van der Waals surface area contributed by atoms with Gasteiger partial charge in [0.05, 0.1) is 22.9 Å². The Morgan fingerprint density at radius 1 is 1.00 bits per heavy atom. The number of rotatable bonds is 7. The fraction of sp³-hybridized carbons (Fsp3) is 0.0870. The van der Waals surface area contributed by atoms with Gasteiger partial charge in [0.15, 0.2) is 23.9 Å². The molecule has 9 nitrogen and oxygen atoms in total. The van der Waals surface area contributed by atoms with Crippen molar-refractivity contribution >= 4 is 28.6 Å². The second kappa shape index (κ2) is 9.82. The smallest absolute Gasteiger partial charge is 0.422 e. The van der Waals surface area contributed by atoms with Gasteiger partial charge in [-0.05, 0) is 36.4 Å². The molecule has 0 bridgehead atoms. The Bertz CT molecular complexity index is 1450. The van der Waals surface area contributed by atoms with Gasteiger partial charge in [0.25, 0.3) is 11.8 Å². The van der Waals surface area contributed by atoms with E-state index in [2.05, 4.69) is 25.0 Å². The number of alkyl halides is 3. The molecule has 2 aromatic carbocycles. The van der Waals surface area contributed by atoms with E-state index in [1.165, 1.54) is 12.1 Å². The number of anilines is 1. The van der Waals surface area contributed by atoms with E-state index in [1.54, 1.807) is 24.3 Å². The van der Waals surface area contributed by atoms with Crippen molar-refractivity contribution in [3.8, 4) is 17.4 Å². The summed E-state index contributed by atoms with van der Waals surface area (Å²) in [6.07, 6.45) is -3.48. The highest BCUT2D eigenvalue weighted by molar-refractivity contribution is 6.05. The van der Waals surface area contributed by atoms with Gasteiger partial charge >= 0.3 is 12.1 Å². The average molecular weight is 502 g/mol. The van der Waals surface area contributed by atoms with Gasteiger partial charge in [-0.1, -0.05) is 12.1 Å². The lowest BCUT2D eigenvalue weighted by atomic mass is 10.2. The van der Waals surface area contributed by atoms with Crippen molar-refractivity contribution in [2.75, 3.05) is 11.9 Å². The molecule has 4 rings (SSSR count). The Hall–Kier alpha value is -4.81. The number of carbonyl (C=O) groups is 2. The van der Waals surface area contributed by atoms with Crippen LogP contribution in [0.3, 0.4) is 0 Å². The summed E-state index contributed by atoms with van der Waals surface area (Å²) in [7, 11) is 0. The number of nitrogens with one attached hydrogen (secondary N) is 1. The van der Waals surface area contributed by atoms with Gasteiger partial charge in [0, 0.05) is 6.07 Å². The lowest BCUT2D eigenvalue weighted by molar-refractivity contribution is -0.153. The van der Waals surface area contributed by atoms with Gasteiger partial charge < -0.3 is 19.9 Å². The highest BCUT2D eigenvalue weighted by atomic mass is 19.4. The maximum atomic E-state index is 14.6. The highest BCUT2D eigenvalue weighted by Gasteiger charge is 2.28. The maximum absolute atomic E-state index is 14.6. The molecule has 0 saturated carbocycles. The van der Waals surface area contributed by atoms with Crippen LogP contribution in [0.5, 0.6) is 17.4 Å². The van der Waals surface area contributed by atoms with Gasteiger partial charge in [-0.3, -0.25) is 4.79 Å². The summed E-state index contributed by atoms with van der Waals surface area (Å²) >= 11 is 0. The predicted molar refractivity (Wildman–Crippen MR) is 117 cm³/mol. The molecular formula is C23H14F4N4O5. The number of ether oxygens (including phenoxy) is 2. The quantitative estimate of drug-likeness (QED) is 0.344. The summed E-state index contributed by atoms with van der Waals surface area (Å²) in [5.41, 5.74) is 0.213. The number of benzene rings is 2. The maximum Gasteiger partial charge on any atom is 0.422 e. The molecule has 0 fully saturated rings. The van der Waals surface area contributed by atoms with Crippen LogP contribution in [0.25, 0.3) is 11.0 Å². The Morgan fingerprint density at radius 3 is 2.33 bits per heavy atom. The van der Waals surface area contributed by atoms with Gasteiger partial charge in [-0.15, -0.1) is 0 Å². The largest absolute Gasteiger partial charge is 0.484 e. The Balaban J connectivity index is 1.63. The lowest BCUT2D eigenvalue weighted by Crippen LogP contribution is -2.19. The molecule has 2 heterocycles. The van der Waals surface area contributed by atoms with Gasteiger partial charge in [-0.25, -0.2) is 24.1 Å². The zero-order valence-corrected chi connectivity index (χ0v) is 17.9. The van der Waals surface area contributed by atoms with E-state index in [1.807, 2.05) is 0 Å². The first-order valence-electron chi connectivity index (χ1n) is 10.0. The van der Waals surface area contributed by atoms with Crippen LogP contribution in [-0.2, 0) is 0 Å². The van der Waals surface area contributed by atoms with E-state index in [0.717, 1.165) is 18.3 Å². The fourth-order valence-corrected chi connectivity index (χ4v) is 2.91. The Labute approximate surface area is 199 Å². The number of hydrogen-bond acceptors (Lipinski definition) is 7. The number of aromatic carboxylic acids is 1. The number of hydrogen-bond donors (Lipinski definition) is 2. The number of nitrogens with zero attached hydrogens (tertiary/aromatic N) is 3. The highest BCUT2D eigenvalue weighted by Crippen LogP contribution is 2.30. The first-order valence-corrected chi connectivity index (χ1v) is 10.0. The minimum atomic E-state index is -4.60. The van der Waals surface area contributed by atoms with E-state index in [-0.39, 0.29) is 28.7 Å². The summed E-state index contributed by atoms with van der Waals surface area (Å²) in [5, 5.41) is 11.4. The molecule has 1 amide bonds. The van der Waals surface area contributed by atoms with E-state index in [4.69, 9.17) is 9.84 Å².